The van der Waals surface area contributed by atoms with Gasteiger partial charge in [-0.25, -0.2) is 0 Å². The van der Waals surface area contributed by atoms with E-state index in [-0.39, 0.29) is 5.92 Å². The van der Waals surface area contributed by atoms with Crippen molar-refractivity contribution in [3.8, 4) is 17.9 Å². The molecule has 1 aromatic rings. The Morgan fingerprint density at radius 1 is 1.00 bits per heavy atom. The minimum Gasteiger partial charge on any atom is -0.198 e. The van der Waals surface area contributed by atoms with E-state index in [1.54, 1.807) is 0 Å². The second kappa shape index (κ2) is 9.80. The van der Waals surface area contributed by atoms with Crippen LogP contribution in [0.15, 0.2) is 36.9 Å². The van der Waals surface area contributed by atoms with E-state index < -0.39 is 0 Å². The number of hydrogen-bond donors (Lipinski definition) is 0. The Kier molecular flexibility index (Phi) is 7.18. The first-order valence-corrected chi connectivity index (χ1v) is 10.9. The Balaban J connectivity index is 1.52. The molecular formula is C26H33N. The van der Waals surface area contributed by atoms with Crippen LogP contribution in [-0.4, -0.2) is 0 Å². The molecule has 1 heteroatoms. The van der Waals surface area contributed by atoms with Crippen molar-refractivity contribution in [3.05, 3.63) is 48.0 Å². The molecule has 3 rings (SSSR count). The van der Waals surface area contributed by atoms with E-state index in [1.807, 2.05) is 0 Å². The standard InChI is InChI=1S/C26H33N/c1-3-23(4-2)24-15-17-26(18-16-24)25-13-11-21(12-14-25)6-5-20-7-9-22(19-27)10-8-20/h3,11-14,20,22-24,26H,1,4,7-10,15-18H2,2H3/t20-,22-,23?,24-,26-. The van der Waals surface area contributed by atoms with Gasteiger partial charge in [-0.3, -0.25) is 0 Å². The second-order valence-electron chi connectivity index (χ2n) is 8.49. The molecule has 2 saturated carbocycles. The van der Waals surface area contributed by atoms with Crippen molar-refractivity contribution in [3.63, 3.8) is 0 Å². The summed E-state index contributed by atoms with van der Waals surface area (Å²) in [4.78, 5) is 0. The zero-order chi connectivity index (χ0) is 19.1. The van der Waals surface area contributed by atoms with Crippen LogP contribution >= 0.6 is 0 Å². The van der Waals surface area contributed by atoms with Gasteiger partial charge in [0.15, 0.2) is 0 Å². The van der Waals surface area contributed by atoms with Gasteiger partial charge < -0.3 is 0 Å². The van der Waals surface area contributed by atoms with Crippen LogP contribution in [0, 0.1) is 46.8 Å². The predicted octanol–water partition coefficient (Wildman–Crippen LogP) is 6.85. The minimum absolute atomic E-state index is 0.261. The third kappa shape index (κ3) is 5.26. The van der Waals surface area contributed by atoms with E-state index in [2.05, 4.69) is 61.8 Å². The van der Waals surface area contributed by atoms with E-state index in [0.29, 0.717) is 17.8 Å². The number of allylic oxidation sites excluding steroid dienone is 1. The molecule has 142 valence electrons. The summed E-state index contributed by atoms with van der Waals surface area (Å²) < 4.78 is 0. The first-order chi connectivity index (χ1) is 13.2. The molecule has 0 aliphatic heterocycles. The van der Waals surface area contributed by atoms with Crippen LogP contribution < -0.4 is 0 Å². The third-order valence-corrected chi connectivity index (χ3v) is 6.86. The van der Waals surface area contributed by atoms with E-state index >= 15 is 0 Å². The third-order valence-electron chi connectivity index (χ3n) is 6.86. The number of nitrogens with zero attached hydrogens (tertiary/aromatic N) is 1. The molecule has 2 aliphatic rings. The Morgan fingerprint density at radius 2 is 1.63 bits per heavy atom. The first-order valence-electron chi connectivity index (χ1n) is 10.9. The quantitative estimate of drug-likeness (QED) is 0.426. The first kappa shape index (κ1) is 19.8. The van der Waals surface area contributed by atoms with Crippen LogP contribution in [0.4, 0.5) is 0 Å². The van der Waals surface area contributed by atoms with Gasteiger partial charge in [-0.05, 0) is 93.2 Å². The summed E-state index contributed by atoms with van der Waals surface area (Å²) in [5, 5.41) is 9.00. The number of nitriles is 1. The maximum Gasteiger partial charge on any atom is 0.0655 e. The van der Waals surface area contributed by atoms with E-state index in [1.165, 1.54) is 37.7 Å². The molecule has 0 spiro atoms. The lowest BCUT2D eigenvalue weighted by atomic mass is 9.73. The van der Waals surface area contributed by atoms with Crippen molar-refractivity contribution >= 4 is 0 Å². The molecule has 0 N–H and O–H groups in total. The molecule has 0 heterocycles. The van der Waals surface area contributed by atoms with Crippen LogP contribution in [0.25, 0.3) is 0 Å². The SMILES string of the molecule is C=CC(CC)[C@H]1CC[C@H](c2ccc(C#C[C@H]3CC[C@H](C#N)CC3)cc2)CC1. The summed E-state index contributed by atoms with van der Waals surface area (Å²) in [5.74, 6) is 9.80. The Bertz CT molecular complexity index is 695. The van der Waals surface area contributed by atoms with Crippen molar-refractivity contribution in [2.45, 2.75) is 70.6 Å². The minimum atomic E-state index is 0.261. The van der Waals surface area contributed by atoms with E-state index in [9.17, 15) is 0 Å². The number of benzene rings is 1. The molecule has 1 aromatic carbocycles. The zero-order valence-corrected chi connectivity index (χ0v) is 16.8. The number of hydrogen-bond acceptors (Lipinski definition) is 1. The monoisotopic (exact) mass is 359 g/mol. The molecule has 0 saturated heterocycles. The average molecular weight is 360 g/mol. The molecule has 0 amide bonds. The summed E-state index contributed by atoms with van der Waals surface area (Å²) in [6, 6.07) is 11.4. The summed E-state index contributed by atoms with van der Waals surface area (Å²) in [6.07, 6.45) is 12.9. The van der Waals surface area contributed by atoms with Gasteiger partial charge in [-0.2, -0.15) is 5.26 Å². The Hall–Kier alpha value is -1.99. The van der Waals surface area contributed by atoms with Crippen molar-refractivity contribution in [2.75, 3.05) is 0 Å². The van der Waals surface area contributed by atoms with Gasteiger partial charge in [0.2, 0.25) is 0 Å². The molecule has 1 unspecified atom stereocenters. The van der Waals surface area contributed by atoms with Crippen LogP contribution in [-0.2, 0) is 0 Å². The zero-order valence-electron chi connectivity index (χ0n) is 16.8. The van der Waals surface area contributed by atoms with E-state index in [4.69, 9.17) is 5.26 Å². The van der Waals surface area contributed by atoms with Gasteiger partial charge in [-0.15, -0.1) is 6.58 Å². The van der Waals surface area contributed by atoms with Crippen LogP contribution in [0.2, 0.25) is 0 Å². The summed E-state index contributed by atoms with van der Waals surface area (Å²) in [6.45, 7) is 6.31. The fraction of sp³-hybridized carbons (Fsp3) is 0.577. The fourth-order valence-electron chi connectivity index (χ4n) is 4.96. The normalized spacial score (nSPS) is 29.0. The number of rotatable bonds is 4. The van der Waals surface area contributed by atoms with Crippen molar-refractivity contribution in [1.29, 1.82) is 5.26 Å². The van der Waals surface area contributed by atoms with Crippen molar-refractivity contribution < 1.29 is 0 Å². The van der Waals surface area contributed by atoms with Gasteiger partial charge >= 0.3 is 0 Å². The highest BCUT2D eigenvalue weighted by Gasteiger charge is 2.26. The van der Waals surface area contributed by atoms with Crippen molar-refractivity contribution in [2.24, 2.45) is 23.7 Å². The van der Waals surface area contributed by atoms with Gasteiger partial charge in [0.25, 0.3) is 0 Å². The maximum atomic E-state index is 9.00. The molecule has 1 nitrogen and oxygen atoms in total. The molecule has 2 aliphatic carbocycles. The van der Waals surface area contributed by atoms with Gasteiger partial charge in [0.05, 0.1) is 6.07 Å². The van der Waals surface area contributed by atoms with Crippen LogP contribution in [0.3, 0.4) is 0 Å². The Morgan fingerprint density at radius 3 is 2.19 bits per heavy atom. The van der Waals surface area contributed by atoms with E-state index in [0.717, 1.165) is 37.2 Å². The molecular weight excluding hydrogens is 326 g/mol. The molecule has 27 heavy (non-hydrogen) atoms. The maximum absolute atomic E-state index is 9.00. The highest BCUT2D eigenvalue weighted by molar-refractivity contribution is 5.37. The van der Waals surface area contributed by atoms with Gasteiger partial charge in [0, 0.05) is 17.4 Å². The molecule has 1 atom stereocenters. The lowest BCUT2D eigenvalue weighted by Crippen LogP contribution is -2.19. The molecule has 2 fully saturated rings. The van der Waals surface area contributed by atoms with Crippen LogP contribution in [0.1, 0.15) is 81.8 Å². The molecule has 0 bridgehead atoms. The predicted molar refractivity (Wildman–Crippen MR) is 113 cm³/mol. The summed E-state index contributed by atoms with van der Waals surface area (Å²) >= 11 is 0. The summed E-state index contributed by atoms with van der Waals surface area (Å²) in [5.41, 5.74) is 2.62. The van der Waals surface area contributed by atoms with Crippen molar-refractivity contribution in [1.82, 2.24) is 0 Å². The summed E-state index contributed by atoms with van der Waals surface area (Å²) in [7, 11) is 0. The second-order valence-corrected chi connectivity index (χ2v) is 8.49. The highest BCUT2D eigenvalue weighted by atomic mass is 14.3. The topological polar surface area (TPSA) is 23.8 Å². The fourth-order valence-corrected chi connectivity index (χ4v) is 4.96. The largest absolute Gasteiger partial charge is 0.198 e. The highest BCUT2D eigenvalue weighted by Crippen LogP contribution is 2.39. The average Bonchev–Trinajstić information content (AvgIpc) is 2.74. The van der Waals surface area contributed by atoms with Gasteiger partial charge in [-0.1, -0.05) is 37.0 Å². The van der Waals surface area contributed by atoms with Gasteiger partial charge in [0.1, 0.15) is 0 Å². The molecule has 0 radical (unpaired) electrons. The smallest absolute Gasteiger partial charge is 0.0655 e. The Labute approximate surface area is 165 Å². The molecule has 0 aromatic heterocycles. The lowest BCUT2D eigenvalue weighted by Gasteiger charge is -2.32. The lowest BCUT2D eigenvalue weighted by molar-refractivity contribution is 0.261. The van der Waals surface area contributed by atoms with Crippen LogP contribution in [0.5, 0.6) is 0 Å².